The smallest absolute Gasteiger partial charge is 0.00231 e. The Morgan fingerprint density at radius 1 is 1.23 bits per heavy atom. The molecule has 0 spiro atoms. The second-order valence-electron chi connectivity index (χ2n) is 5.03. The minimum absolute atomic E-state index is 0.531. The van der Waals surface area contributed by atoms with Gasteiger partial charge in [-0.15, -0.1) is 0 Å². The van der Waals surface area contributed by atoms with E-state index in [0.717, 1.165) is 12.5 Å². The Kier molecular flexibility index (Phi) is 6.40. The summed E-state index contributed by atoms with van der Waals surface area (Å²) in [7, 11) is 0. The molecule has 0 amide bonds. The van der Waals surface area contributed by atoms with Gasteiger partial charge >= 0.3 is 0 Å². The second-order valence-corrected chi connectivity index (χ2v) is 5.03. The van der Waals surface area contributed by atoms with E-state index in [2.05, 4.69) is 39.9 Å². The van der Waals surface area contributed by atoms with Crippen molar-refractivity contribution in [2.45, 2.75) is 53.9 Å². The average Bonchev–Trinajstić information content (AvgIpc) is 1.99. The van der Waals surface area contributed by atoms with Crippen LogP contribution in [0.3, 0.4) is 0 Å². The van der Waals surface area contributed by atoms with Gasteiger partial charge in [-0.05, 0) is 37.3 Å². The van der Waals surface area contributed by atoms with Crippen molar-refractivity contribution in [2.75, 3.05) is 13.1 Å². The van der Waals surface area contributed by atoms with E-state index >= 15 is 0 Å². The highest BCUT2D eigenvalue weighted by Crippen LogP contribution is 2.30. The van der Waals surface area contributed by atoms with Gasteiger partial charge in [0.1, 0.15) is 0 Å². The first-order valence-electron chi connectivity index (χ1n) is 5.72. The first-order valence-corrected chi connectivity index (χ1v) is 5.72. The second kappa shape index (κ2) is 6.42. The lowest BCUT2D eigenvalue weighted by atomic mass is 9.80. The van der Waals surface area contributed by atoms with E-state index in [4.69, 9.17) is 0 Å². The fourth-order valence-electron chi connectivity index (χ4n) is 2.19. The molecule has 0 aromatic carbocycles. The third-order valence-corrected chi connectivity index (χ3v) is 2.57. The lowest BCUT2D eigenvalue weighted by molar-refractivity contribution is 0.251. The molecule has 0 aromatic rings. The first-order chi connectivity index (χ1) is 6.02. The maximum atomic E-state index is 3.41. The van der Waals surface area contributed by atoms with Crippen molar-refractivity contribution in [2.24, 2.45) is 11.3 Å². The van der Waals surface area contributed by atoms with Crippen LogP contribution in [0.2, 0.25) is 0 Å². The van der Waals surface area contributed by atoms with Crippen LogP contribution < -0.4 is 5.32 Å². The zero-order chi connectivity index (χ0) is 10.3. The van der Waals surface area contributed by atoms with Crippen LogP contribution in [-0.2, 0) is 0 Å². The number of nitrogens with one attached hydrogen (secondary N) is 1. The molecule has 80 valence electrons. The van der Waals surface area contributed by atoms with Crippen molar-refractivity contribution >= 4 is 0 Å². The van der Waals surface area contributed by atoms with Crippen molar-refractivity contribution in [3.63, 3.8) is 0 Å². The highest BCUT2D eigenvalue weighted by molar-refractivity contribution is 4.72. The Morgan fingerprint density at radius 3 is 2.31 bits per heavy atom. The summed E-state index contributed by atoms with van der Waals surface area (Å²) < 4.78 is 0. The largest absolute Gasteiger partial charge is 0.317 e. The molecule has 0 saturated carbocycles. The zero-order valence-corrected chi connectivity index (χ0v) is 10.1. The highest BCUT2D eigenvalue weighted by Gasteiger charge is 2.19. The summed E-state index contributed by atoms with van der Waals surface area (Å²) in [5.41, 5.74) is 0.531. The minimum atomic E-state index is 0.531. The van der Waals surface area contributed by atoms with Crippen molar-refractivity contribution in [3.8, 4) is 0 Å². The fraction of sp³-hybridized carbons (Fsp3) is 1.00. The molecule has 1 N–H and O–H groups in total. The third kappa shape index (κ3) is 7.06. The van der Waals surface area contributed by atoms with Crippen molar-refractivity contribution < 1.29 is 0 Å². The van der Waals surface area contributed by atoms with Crippen LogP contribution in [0.5, 0.6) is 0 Å². The Balaban J connectivity index is 3.68. The molecular weight excluding hydrogens is 158 g/mol. The number of hydrogen-bond acceptors (Lipinski definition) is 1. The van der Waals surface area contributed by atoms with Gasteiger partial charge in [0, 0.05) is 0 Å². The summed E-state index contributed by atoms with van der Waals surface area (Å²) in [4.78, 5) is 0. The van der Waals surface area contributed by atoms with Crippen LogP contribution in [0.15, 0.2) is 0 Å². The van der Waals surface area contributed by atoms with Gasteiger partial charge in [0.2, 0.25) is 0 Å². The molecule has 0 aliphatic rings. The van der Waals surface area contributed by atoms with Crippen LogP contribution in [0.25, 0.3) is 0 Å². The molecule has 0 saturated heterocycles. The van der Waals surface area contributed by atoms with Crippen molar-refractivity contribution in [1.82, 2.24) is 5.32 Å². The molecule has 0 rings (SSSR count). The molecule has 1 atom stereocenters. The van der Waals surface area contributed by atoms with Gasteiger partial charge in [-0.3, -0.25) is 0 Å². The molecule has 0 aliphatic carbocycles. The molecule has 0 aromatic heterocycles. The average molecular weight is 185 g/mol. The Labute approximate surface area is 84.3 Å². The van der Waals surface area contributed by atoms with Gasteiger partial charge in [-0.25, -0.2) is 0 Å². The molecule has 1 unspecified atom stereocenters. The monoisotopic (exact) mass is 185 g/mol. The van der Waals surface area contributed by atoms with E-state index in [1.165, 1.54) is 25.8 Å². The van der Waals surface area contributed by atoms with Crippen LogP contribution in [-0.4, -0.2) is 13.1 Å². The Morgan fingerprint density at radius 2 is 1.85 bits per heavy atom. The summed E-state index contributed by atoms with van der Waals surface area (Å²) in [6.07, 6.45) is 4.00. The van der Waals surface area contributed by atoms with Crippen LogP contribution >= 0.6 is 0 Å². The van der Waals surface area contributed by atoms with Crippen LogP contribution in [0.4, 0.5) is 0 Å². The Bertz CT molecular complexity index is 118. The van der Waals surface area contributed by atoms with Gasteiger partial charge in [-0.2, -0.15) is 0 Å². The summed E-state index contributed by atoms with van der Waals surface area (Å²) >= 11 is 0. The first kappa shape index (κ1) is 13.0. The predicted octanol–water partition coefficient (Wildman–Crippen LogP) is 3.45. The molecule has 0 bridgehead atoms. The lowest BCUT2D eigenvalue weighted by Crippen LogP contribution is -2.25. The summed E-state index contributed by atoms with van der Waals surface area (Å²) in [6.45, 7) is 13.8. The van der Waals surface area contributed by atoms with E-state index in [0.29, 0.717) is 5.41 Å². The van der Waals surface area contributed by atoms with Gasteiger partial charge < -0.3 is 5.32 Å². The number of hydrogen-bond donors (Lipinski definition) is 1. The van der Waals surface area contributed by atoms with Gasteiger partial charge in [0.05, 0.1) is 0 Å². The quantitative estimate of drug-likeness (QED) is 0.640. The maximum absolute atomic E-state index is 3.41. The Hall–Kier alpha value is -0.0400. The van der Waals surface area contributed by atoms with Crippen molar-refractivity contribution in [1.29, 1.82) is 0 Å². The predicted molar refractivity (Wildman–Crippen MR) is 61.0 cm³/mol. The molecule has 0 fully saturated rings. The molecule has 1 nitrogen and oxygen atoms in total. The van der Waals surface area contributed by atoms with E-state index < -0.39 is 0 Å². The summed E-state index contributed by atoms with van der Waals surface area (Å²) in [5, 5.41) is 3.41. The molecular formula is C12H27N. The topological polar surface area (TPSA) is 12.0 Å². The van der Waals surface area contributed by atoms with Crippen LogP contribution in [0, 0.1) is 11.3 Å². The van der Waals surface area contributed by atoms with Crippen LogP contribution in [0.1, 0.15) is 53.9 Å². The molecule has 0 aliphatic heterocycles. The molecule has 0 radical (unpaired) electrons. The summed E-state index contributed by atoms with van der Waals surface area (Å²) in [5.74, 6) is 0.807. The van der Waals surface area contributed by atoms with E-state index in [9.17, 15) is 0 Å². The van der Waals surface area contributed by atoms with Gasteiger partial charge in [0.25, 0.3) is 0 Å². The standard InChI is InChI=1S/C12H27N/c1-6-8-12(4,5)9-11(3)10-13-7-2/h11,13H,6-10H2,1-5H3. The maximum Gasteiger partial charge on any atom is -0.00231 e. The van der Waals surface area contributed by atoms with Gasteiger partial charge in [-0.1, -0.05) is 41.0 Å². The van der Waals surface area contributed by atoms with Gasteiger partial charge in [0.15, 0.2) is 0 Å². The molecule has 13 heavy (non-hydrogen) atoms. The molecule has 1 heteroatoms. The SMILES string of the molecule is CCCC(C)(C)CC(C)CNCC. The zero-order valence-electron chi connectivity index (χ0n) is 10.1. The third-order valence-electron chi connectivity index (χ3n) is 2.57. The summed E-state index contributed by atoms with van der Waals surface area (Å²) in [6, 6.07) is 0. The minimum Gasteiger partial charge on any atom is -0.317 e. The van der Waals surface area contributed by atoms with E-state index in [1.54, 1.807) is 0 Å². The number of rotatable bonds is 7. The van der Waals surface area contributed by atoms with E-state index in [1.807, 2.05) is 0 Å². The van der Waals surface area contributed by atoms with E-state index in [-0.39, 0.29) is 0 Å². The normalized spacial score (nSPS) is 14.5. The molecule has 0 heterocycles. The highest BCUT2D eigenvalue weighted by atomic mass is 14.8. The van der Waals surface area contributed by atoms with Crippen molar-refractivity contribution in [3.05, 3.63) is 0 Å². The fourth-order valence-corrected chi connectivity index (χ4v) is 2.19. The lowest BCUT2D eigenvalue weighted by Gasteiger charge is -2.27.